The highest BCUT2D eigenvalue weighted by Gasteiger charge is 2.14. The quantitative estimate of drug-likeness (QED) is 0.318. The molecule has 0 unspecified atom stereocenters. The first-order valence-corrected chi connectivity index (χ1v) is 8.62. The second-order valence-electron chi connectivity index (χ2n) is 5.53. The molecule has 0 aliphatic heterocycles. The maximum absolute atomic E-state index is 12.0. The largest absolute Gasteiger partial charge is 0.496 e. The first-order valence-electron chi connectivity index (χ1n) is 8.62. The number of ether oxygens (including phenoxy) is 3. The van der Waals surface area contributed by atoms with Gasteiger partial charge in [-0.15, -0.1) is 0 Å². The van der Waals surface area contributed by atoms with E-state index in [0.717, 1.165) is 0 Å². The smallest absolute Gasteiger partial charge is 0.338 e. The predicted octanol–water partition coefficient (Wildman–Crippen LogP) is 1.97. The second kappa shape index (κ2) is 10.5. The minimum atomic E-state index is -0.968. The molecule has 2 N–H and O–H groups in total. The topological polar surface area (TPSA) is 115 Å². The van der Waals surface area contributed by atoms with E-state index in [2.05, 4.69) is 15.8 Å². The Hall–Kier alpha value is -3.88. The molecule has 29 heavy (non-hydrogen) atoms. The zero-order chi connectivity index (χ0) is 21.2. The van der Waals surface area contributed by atoms with Crippen LogP contribution in [0.2, 0.25) is 0 Å². The SMILES string of the molecule is CCOC(=O)c1ccc(NC(=O)C(=O)N/N=C\c2c(OC)cccc2OC)cc1. The Morgan fingerprint density at radius 2 is 1.59 bits per heavy atom. The van der Waals surface area contributed by atoms with E-state index in [4.69, 9.17) is 14.2 Å². The molecule has 152 valence electrons. The van der Waals surface area contributed by atoms with Crippen molar-refractivity contribution in [2.24, 2.45) is 5.10 Å². The fourth-order valence-corrected chi connectivity index (χ4v) is 2.31. The summed E-state index contributed by atoms with van der Waals surface area (Å²) in [4.78, 5) is 35.5. The Labute approximate surface area is 167 Å². The van der Waals surface area contributed by atoms with Crippen molar-refractivity contribution in [3.05, 3.63) is 53.6 Å². The van der Waals surface area contributed by atoms with Crippen LogP contribution >= 0.6 is 0 Å². The van der Waals surface area contributed by atoms with Crippen LogP contribution < -0.4 is 20.2 Å². The van der Waals surface area contributed by atoms with Gasteiger partial charge in [-0.1, -0.05) is 6.07 Å². The molecule has 0 aromatic heterocycles. The molecule has 2 amide bonds. The number of hydrogen-bond acceptors (Lipinski definition) is 7. The average molecular weight is 399 g/mol. The van der Waals surface area contributed by atoms with Gasteiger partial charge in [0, 0.05) is 5.69 Å². The van der Waals surface area contributed by atoms with Crippen molar-refractivity contribution in [3.8, 4) is 11.5 Å². The van der Waals surface area contributed by atoms with Gasteiger partial charge in [0.15, 0.2) is 0 Å². The van der Waals surface area contributed by atoms with Gasteiger partial charge < -0.3 is 19.5 Å². The second-order valence-corrected chi connectivity index (χ2v) is 5.53. The van der Waals surface area contributed by atoms with E-state index in [1.165, 1.54) is 44.7 Å². The monoisotopic (exact) mass is 399 g/mol. The molecule has 9 heteroatoms. The highest BCUT2D eigenvalue weighted by Crippen LogP contribution is 2.26. The predicted molar refractivity (Wildman–Crippen MR) is 106 cm³/mol. The minimum Gasteiger partial charge on any atom is -0.496 e. The van der Waals surface area contributed by atoms with Crippen molar-refractivity contribution in [1.82, 2.24) is 5.43 Å². The number of benzene rings is 2. The summed E-state index contributed by atoms with van der Waals surface area (Å²) in [6, 6.07) is 11.1. The lowest BCUT2D eigenvalue weighted by Crippen LogP contribution is -2.32. The summed E-state index contributed by atoms with van der Waals surface area (Å²) in [6.45, 7) is 1.97. The number of amides is 2. The summed E-state index contributed by atoms with van der Waals surface area (Å²) in [5.41, 5.74) is 3.32. The van der Waals surface area contributed by atoms with E-state index in [1.54, 1.807) is 25.1 Å². The molecule has 9 nitrogen and oxygen atoms in total. The van der Waals surface area contributed by atoms with Gasteiger partial charge in [-0.3, -0.25) is 9.59 Å². The normalized spacial score (nSPS) is 10.3. The molecule has 0 radical (unpaired) electrons. The van der Waals surface area contributed by atoms with Crippen LogP contribution in [0.1, 0.15) is 22.8 Å². The molecule has 0 spiro atoms. The van der Waals surface area contributed by atoms with Crippen molar-refractivity contribution in [1.29, 1.82) is 0 Å². The molecule has 0 atom stereocenters. The van der Waals surface area contributed by atoms with Crippen LogP contribution in [0.3, 0.4) is 0 Å². The molecule has 0 aliphatic carbocycles. The van der Waals surface area contributed by atoms with Crippen LogP contribution in [0.4, 0.5) is 5.69 Å². The fourth-order valence-electron chi connectivity index (χ4n) is 2.31. The lowest BCUT2D eigenvalue weighted by atomic mass is 10.2. The minimum absolute atomic E-state index is 0.263. The Kier molecular flexibility index (Phi) is 7.72. The maximum Gasteiger partial charge on any atom is 0.338 e. The van der Waals surface area contributed by atoms with E-state index in [-0.39, 0.29) is 6.61 Å². The highest BCUT2D eigenvalue weighted by atomic mass is 16.5. The number of carbonyl (C=O) groups excluding carboxylic acids is 3. The number of nitrogens with zero attached hydrogens (tertiary/aromatic N) is 1. The number of nitrogens with one attached hydrogen (secondary N) is 2. The molecule has 0 aliphatic rings. The van der Waals surface area contributed by atoms with Crippen molar-refractivity contribution < 1.29 is 28.6 Å². The maximum atomic E-state index is 12.0. The van der Waals surface area contributed by atoms with Gasteiger partial charge in [-0.2, -0.15) is 5.10 Å². The molecular formula is C20H21N3O6. The molecule has 2 aromatic carbocycles. The standard InChI is InChI=1S/C20H21N3O6/c1-4-29-20(26)13-8-10-14(11-9-13)22-18(24)19(25)23-21-12-15-16(27-2)6-5-7-17(15)28-3/h5-12H,4H2,1-3H3,(H,22,24)(H,23,25)/b21-12-. The number of hydrazone groups is 1. The zero-order valence-electron chi connectivity index (χ0n) is 16.2. The lowest BCUT2D eigenvalue weighted by Gasteiger charge is -2.09. The van der Waals surface area contributed by atoms with Crippen molar-refractivity contribution in [2.45, 2.75) is 6.92 Å². The van der Waals surface area contributed by atoms with Crippen LogP contribution in [0, 0.1) is 0 Å². The van der Waals surface area contributed by atoms with Crippen molar-refractivity contribution in [2.75, 3.05) is 26.1 Å². The Bertz CT molecular complexity index is 887. The van der Waals surface area contributed by atoms with E-state index >= 15 is 0 Å². The van der Waals surface area contributed by atoms with Gasteiger partial charge in [0.2, 0.25) is 0 Å². The van der Waals surface area contributed by atoms with Crippen LogP contribution in [-0.2, 0) is 14.3 Å². The first kappa shape index (κ1) is 21.4. The van der Waals surface area contributed by atoms with Crippen LogP contribution in [0.5, 0.6) is 11.5 Å². The van der Waals surface area contributed by atoms with Crippen LogP contribution in [0.15, 0.2) is 47.6 Å². The number of rotatable bonds is 7. The third-order valence-electron chi connectivity index (χ3n) is 3.69. The van der Waals surface area contributed by atoms with Gasteiger partial charge in [0.1, 0.15) is 11.5 Å². The van der Waals surface area contributed by atoms with E-state index in [1.807, 2.05) is 0 Å². The third-order valence-corrected chi connectivity index (χ3v) is 3.69. The summed E-state index contributed by atoms with van der Waals surface area (Å²) in [7, 11) is 2.98. The summed E-state index contributed by atoms with van der Waals surface area (Å²) in [5, 5.41) is 6.18. The van der Waals surface area contributed by atoms with Crippen molar-refractivity contribution in [3.63, 3.8) is 0 Å². The first-order chi connectivity index (χ1) is 14.0. The number of anilines is 1. The van der Waals surface area contributed by atoms with Crippen molar-refractivity contribution >= 4 is 29.7 Å². The molecule has 0 fully saturated rings. The Morgan fingerprint density at radius 3 is 2.14 bits per heavy atom. The molecule has 0 bridgehead atoms. The number of esters is 1. The fraction of sp³-hybridized carbons (Fsp3) is 0.200. The van der Waals surface area contributed by atoms with Gasteiger partial charge in [-0.25, -0.2) is 10.2 Å². The highest BCUT2D eigenvalue weighted by molar-refractivity contribution is 6.39. The summed E-state index contributed by atoms with van der Waals surface area (Å²) in [5.74, 6) is -1.37. The van der Waals surface area contributed by atoms with E-state index in [0.29, 0.717) is 28.3 Å². The summed E-state index contributed by atoms with van der Waals surface area (Å²) >= 11 is 0. The summed E-state index contributed by atoms with van der Waals surface area (Å²) in [6.07, 6.45) is 1.32. The Balaban J connectivity index is 1.97. The van der Waals surface area contributed by atoms with Gasteiger partial charge in [0.25, 0.3) is 0 Å². The lowest BCUT2D eigenvalue weighted by molar-refractivity contribution is -0.136. The van der Waals surface area contributed by atoms with E-state index < -0.39 is 17.8 Å². The molecule has 0 heterocycles. The average Bonchev–Trinajstić information content (AvgIpc) is 2.74. The van der Waals surface area contributed by atoms with Crippen LogP contribution in [-0.4, -0.2) is 44.8 Å². The molecule has 0 saturated heterocycles. The number of methoxy groups -OCH3 is 2. The van der Waals surface area contributed by atoms with Gasteiger partial charge in [0.05, 0.1) is 38.2 Å². The number of hydrogen-bond donors (Lipinski definition) is 2. The van der Waals surface area contributed by atoms with E-state index in [9.17, 15) is 14.4 Å². The zero-order valence-corrected chi connectivity index (χ0v) is 16.2. The summed E-state index contributed by atoms with van der Waals surface area (Å²) < 4.78 is 15.3. The molecule has 2 aromatic rings. The third kappa shape index (κ3) is 5.80. The van der Waals surface area contributed by atoms with Crippen LogP contribution in [0.25, 0.3) is 0 Å². The Morgan fingerprint density at radius 1 is 0.966 bits per heavy atom. The van der Waals surface area contributed by atoms with Gasteiger partial charge in [-0.05, 0) is 43.3 Å². The molecular weight excluding hydrogens is 378 g/mol. The molecule has 0 saturated carbocycles. The van der Waals surface area contributed by atoms with Gasteiger partial charge >= 0.3 is 17.8 Å². The molecule has 2 rings (SSSR count). The number of carbonyl (C=O) groups is 3.